The minimum absolute atomic E-state index is 0.147. The lowest BCUT2D eigenvalue weighted by Gasteiger charge is -2.27. The quantitative estimate of drug-likeness (QED) is 0.853. The predicted molar refractivity (Wildman–Crippen MR) is 95.1 cm³/mol. The topological polar surface area (TPSA) is 62.6 Å². The Labute approximate surface area is 141 Å². The van der Waals surface area contributed by atoms with Crippen LogP contribution in [0.5, 0.6) is 0 Å². The molecule has 3 rings (SSSR count). The maximum Gasteiger partial charge on any atom is 0.336 e. The molecule has 1 aliphatic rings. The van der Waals surface area contributed by atoms with Gasteiger partial charge >= 0.3 is 5.63 Å². The van der Waals surface area contributed by atoms with Crippen molar-refractivity contribution in [3.8, 4) is 0 Å². The Kier molecular flexibility index (Phi) is 5.00. The van der Waals surface area contributed by atoms with Gasteiger partial charge in [-0.05, 0) is 37.1 Å². The van der Waals surface area contributed by atoms with E-state index in [1.165, 1.54) is 32.6 Å². The molecule has 1 N–H and O–H groups in total. The number of amides is 1. The molecule has 2 aromatic rings. The van der Waals surface area contributed by atoms with Crippen LogP contribution in [-0.2, 0) is 11.3 Å². The Hall–Kier alpha value is -2.14. The first-order chi connectivity index (χ1) is 11.6. The Morgan fingerprint density at radius 2 is 2.04 bits per heavy atom. The molecule has 1 amide bonds. The molecule has 0 radical (unpaired) electrons. The van der Waals surface area contributed by atoms with E-state index < -0.39 is 0 Å². The van der Waals surface area contributed by atoms with E-state index in [4.69, 9.17) is 4.42 Å². The fraction of sp³-hybridized carbons (Fsp3) is 0.474. The van der Waals surface area contributed by atoms with E-state index in [2.05, 4.69) is 17.1 Å². The molecule has 0 atom stereocenters. The second kappa shape index (κ2) is 7.18. The SMILES string of the molecule is CCN(Cc1cc(=O)oc2cc(NC(C)=O)ccc12)C1CCCC1. The van der Waals surface area contributed by atoms with Crippen molar-refractivity contribution in [3.05, 3.63) is 40.2 Å². The van der Waals surface area contributed by atoms with E-state index in [0.29, 0.717) is 17.3 Å². The van der Waals surface area contributed by atoms with Gasteiger partial charge in [-0.2, -0.15) is 0 Å². The molecule has 0 saturated heterocycles. The number of nitrogens with one attached hydrogen (secondary N) is 1. The predicted octanol–water partition coefficient (Wildman–Crippen LogP) is 3.52. The molecule has 0 spiro atoms. The smallest absolute Gasteiger partial charge is 0.336 e. The van der Waals surface area contributed by atoms with Crippen LogP contribution in [0.1, 0.15) is 45.1 Å². The fourth-order valence-electron chi connectivity index (χ4n) is 3.63. The largest absolute Gasteiger partial charge is 0.423 e. The summed E-state index contributed by atoms with van der Waals surface area (Å²) in [5.74, 6) is -0.147. The van der Waals surface area contributed by atoms with Crippen LogP contribution in [0, 0.1) is 0 Å². The number of nitrogens with zero attached hydrogens (tertiary/aromatic N) is 1. The Morgan fingerprint density at radius 3 is 2.71 bits per heavy atom. The van der Waals surface area contributed by atoms with Crippen molar-refractivity contribution in [3.63, 3.8) is 0 Å². The fourth-order valence-corrected chi connectivity index (χ4v) is 3.63. The molecule has 1 saturated carbocycles. The molecule has 0 aliphatic heterocycles. The molecule has 1 fully saturated rings. The summed E-state index contributed by atoms with van der Waals surface area (Å²) in [4.78, 5) is 25.6. The highest BCUT2D eigenvalue weighted by Gasteiger charge is 2.22. The molecular formula is C19H24N2O3. The highest BCUT2D eigenvalue weighted by Crippen LogP contribution is 2.27. The zero-order valence-electron chi connectivity index (χ0n) is 14.3. The molecule has 1 aromatic heterocycles. The van der Waals surface area contributed by atoms with Crippen LogP contribution in [-0.4, -0.2) is 23.4 Å². The molecule has 24 heavy (non-hydrogen) atoms. The molecule has 1 heterocycles. The average Bonchev–Trinajstić information content (AvgIpc) is 3.05. The van der Waals surface area contributed by atoms with Gasteiger partial charge in [0.25, 0.3) is 0 Å². The summed E-state index contributed by atoms with van der Waals surface area (Å²) in [6.45, 7) is 5.34. The van der Waals surface area contributed by atoms with Gasteiger partial charge in [0.2, 0.25) is 5.91 Å². The van der Waals surface area contributed by atoms with E-state index in [1.54, 1.807) is 12.1 Å². The van der Waals surface area contributed by atoms with E-state index in [1.807, 2.05) is 12.1 Å². The minimum Gasteiger partial charge on any atom is -0.423 e. The summed E-state index contributed by atoms with van der Waals surface area (Å²) in [6.07, 6.45) is 5.05. The van der Waals surface area contributed by atoms with Gasteiger partial charge in [-0.1, -0.05) is 19.8 Å². The summed E-state index contributed by atoms with van der Waals surface area (Å²) >= 11 is 0. The van der Waals surface area contributed by atoms with Gasteiger partial charge in [-0.15, -0.1) is 0 Å². The van der Waals surface area contributed by atoms with Gasteiger partial charge in [-0.25, -0.2) is 4.79 Å². The molecule has 5 heteroatoms. The lowest BCUT2D eigenvalue weighted by Crippen LogP contribution is -2.32. The maximum absolute atomic E-state index is 12.0. The van der Waals surface area contributed by atoms with Crippen LogP contribution in [0.4, 0.5) is 5.69 Å². The van der Waals surface area contributed by atoms with Crippen molar-refractivity contribution in [1.82, 2.24) is 4.90 Å². The first kappa shape index (κ1) is 16.7. The van der Waals surface area contributed by atoms with Crippen LogP contribution in [0.3, 0.4) is 0 Å². The Bertz CT molecular complexity index is 791. The number of carbonyl (C=O) groups excluding carboxylic acids is 1. The summed E-state index contributed by atoms with van der Waals surface area (Å²) in [6, 6.07) is 7.68. The summed E-state index contributed by atoms with van der Waals surface area (Å²) in [5.41, 5.74) is 1.80. The number of rotatable bonds is 5. The van der Waals surface area contributed by atoms with Gasteiger partial charge in [0.1, 0.15) is 5.58 Å². The molecule has 128 valence electrons. The number of fused-ring (bicyclic) bond motifs is 1. The summed E-state index contributed by atoms with van der Waals surface area (Å²) in [5, 5.41) is 3.65. The third-order valence-electron chi connectivity index (χ3n) is 4.77. The lowest BCUT2D eigenvalue weighted by atomic mass is 10.1. The highest BCUT2D eigenvalue weighted by molar-refractivity contribution is 5.92. The standard InChI is InChI=1S/C19H24N2O3/c1-3-21(16-6-4-5-7-16)12-14-10-19(23)24-18-11-15(20-13(2)22)8-9-17(14)18/h8-11,16H,3-7,12H2,1-2H3,(H,20,22). The van der Waals surface area contributed by atoms with Crippen molar-refractivity contribution in [2.75, 3.05) is 11.9 Å². The van der Waals surface area contributed by atoms with E-state index >= 15 is 0 Å². The summed E-state index contributed by atoms with van der Waals surface area (Å²) < 4.78 is 5.34. The highest BCUT2D eigenvalue weighted by atomic mass is 16.4. The number of hydrogen-bond acceptors (Lipinski definition) is 4. The average molecular weight is 328 g/mol. The van der Waals surface area contributed by atoms with Crippen LogP contribution < -0.4 is 10.9 Å². The van der Waals surface area contributed by atoms with Crippen LogP contribution in [0.25, 0.3) is 11.0 Å². The van der Waals surface area contributed by atoms with Gasteiger partial charge < -0.3 is 9.73 Å². The minimum atomic E-state index is -0.347. The molecular weight excluding hydrogens is 304 g/mol. The van der Waals surface area contributed by atoms with Crippen molar-refractivity contribution < 1.29 is 9.21 Å². The number of hydrogen-bond donors (Lipinski definition) is 1. The zero-order chi connectivity index (χ0) is 17.1. The lowest BCUT2D eigenvalue weighted by molar-refractivity contribution is -0.114. The molecule has 0 bridgehead atoms. The molecule has 1 aliphatic carbocycles. The third-order valence-corrected chi connectivity index (χ3v) is 4.77. The van der Waals surface area contributed by atoms with E-state index in [9.17, 15) is 9.59 Å². The number of anilines is 1. The van der Waals surface area contributed by atoms with Gasteiger partial charge in [0.15, 0.2) is 0 Å². The van der Waals surface area contributed by atoms with Crippen LogP contribution >= 0.6 is 0 Å². The van der Waals surface area contributed by atoms with Crippen molar-refractivity contribution in [2.24, 2.45) is 0 Å². The third kappa shape index (κ3) is 3.67. The second-order valence-electron chi connectivity index (χ2n) is 6.48. The van der Waals surface area contributed by atoms with Gasteiger partial charge in [0.05, 0.1) is 0 Å². The Balaban J connectivity index is 1.94. The molecule has 1 aromatic carbocycles. The normalized spacial score (nSPS) is 15.3. The van der Waals surface area contributed by atoms with E-state index in [0.717, 1.165) is 24.0 Å². The van der Waals surface area contributed by atoms with Crippen LogP contribution in [0.15, 0.2) is 33.5 Å². The molecule has 0 unspecified atom stereocenters. The van der Waals surface area contributed by atoms with E-state index in [-0.39, 0.29) is 11.5 Å². The van der Waals surface area contributed by atoms with Crippen molar-refractivity contribution in [2.45, 2.75) is 52.1 Å². The first-order valence-electron chi connectivity index (χ1n) is 8.65. The van der Waals surface area contributed by atoms with Gasteiger partial charge in [-0.3, -0.25) is 9.69 Å². The monoisotopic (exact) mass is 328 g/mol. The van der Waals surface area contributed by atoms with Crippen molar-refractivity contribution >= 4 is 22.6 Å². The Morgan fingerprint density at radius 1 is 1.29 bits per heavy atom. The van der Waals surface area contributed by atoms with Crippen LogP contribution in [0.2, 0.25) is 0 Å². The second-order valence-corrected chi connectivity index (χ2v) is 6.48. The zero-order valence-corrected chi connectivity index (χ0v) is 14.3. The van der Waals surface area contributed by atoms with Gasteiger partial charge in [0, 0.05) is 42.7 Å². The number of benzene rings is 1. The molecule has 5 nitrogen and oxygen atoms in total. The number of carbonyl (C=O) groups is 1. The first-order valence-corrected chi connectivity index (χ1v) is 8.65. The summed E-state index contributed by atoms with van der Waals surface area (Å²) in [7, 11) is 0. The maximum atomic E-state index is 12.0. The van der Waals surface area contributed by atoms with Crippen molar-refractivity contribution in [1.29, 1.82) is 0 Å².